The zero-order valence-corrected chi connectivity index (χ0v) is 22.4. The maximum Gasteiger partial charge on any atom is 0.355 e. The number of nitrogen functional groups attached to an aromatic ring is 1. The molecule has 2 aliphatic rings. The lowest BCUT2D eigenvalue weighted by molar-refractivity contribution is -0.161. The first-order chi connectivity index (χ1) is 17.1. The van der Waals surface area contributed by atoms with Crippen molar-refractivity contribution in [1.82, 2.24) is 15.2 Å². The molecule has 3 N–H and O–H groups in total. The number of nitrogens with one attached hydrogen (secondary N) is 1. The number of β-lactam (4-membered cyclic amide) rings is 1. The van der Waals surface area contributed by atoms with Gasteiger partial charge in [-0.2, -0.15) is 0 Å². The van der Waals surface area contributed by atoms with Gasteiger partial charge in [0.15, 0.2) is 10.8 Å². The van der Waals surface area contributed by atoms with Gasteiger partial charge in [-0.15, -0.1) is 23.1 Å². The fraction of sp³-hybridized carbons (Fsp3) is 0.591. The number of aromatic nitrogens is 1. The molecule has 2 amide bonds. The van der Waals surface area contributed by atoms with Gasteiger partial charge in [-0.3, -0.25) is 14.5 Å². The Bertz CT molecular complexity index is 1010. The number of rotatable bonds is 12. The van der Waals surface area contributed by atoms with Crippen LogP contribution in [0, 0.1) is 0 Å². The molecule has 3 rings (SSSR count). The molecule has 0 spiro atoms. The van der Waals surface area contributed by atoms with Gasteiger partial charge in [0.2, 0.25) is 0 Å². The maximum absolute atomic E-state index is 13.0. The number of nitrogens with two attached hydrogens (primary N) is 1. The third-order valence-corrected chi connectivity index (χ3v) is 6.87. The van der Waals surface area contributed by atoms with Gasteiger partial charge in [0, 0.05) is 11.1 Å². The van der Waals surface area contributed by atoms with Gasteiger partial charge in [0.25, 0.3) is 11.8 Å². The minimum absolute atomic E-state index is 0.0477. The van der Waals surface area contributed by atoms with E-state index in [2.05, 4.69) is 15.5 Å². The van der Waals surface area contributed by atoms with Gasteiger partial charge in [0.05, 0.1) is 25.4 Å². The maximum atomic E-state index is 13.0. The summed E-state index contributed by atoms with van der Waals surface area (Å²) in [4.78, 5) is 49.0. The molecule has 198 valence electrons. The summed E-state index contributed by atoms with van der Waals surface area (Å²) in [5.74, 6) is -1.27. The minimum atomic E-state index is -0.860. The second kappa shape index (κ2) is 12.5. The Morgan fingerprint density at radius 1 is 1.25 bits per heavy atom. The molecule has 1 unspecified atom stereocenters. The van der Waals surface area contributed by atoms with Crippen LogP contribution in [0.3, 0.4) is 0 Å². The fourth-order valence-electron chi connectivity index (χ4n) is 3.36. The first-order valence-corrected chi connectivity index (χ1v) is 13.3. The number of hydrogen-bond donors (Lipinski definition) is 2. The molecule has 0 aromatic carbocycles. The Kier molecular flexibility index (Phi) is 9.70. The summed E-state index contributed by atoms with van der Waals surface area (Å²) >= 11 is 2.56. The van der Waals surface area contributed by atoms with Crippen molar-refractivity contribution >= 4 is 51.7 Å². The molecule has 0 radical (unpaired) electrons. The molecule has 3 heterocycles. The lowest BCUT2D eigenvalue weighted by Crippen LogP contribution is -2.70. The molecule has 1 aromatic heterocycles. The van der Waals surface area contributed by atoms with E-state index in [9.17, 15) is 14.4 Å². The number of fused-ring (bicyclic) bond motifs is 1. The molecule has 0 aliphatic carbocycles. The largest absolute Gasteiger partial charge is 0.453 e. The molecule has 0 saturated carbocycles. The SMILES string of the molecule is CON=C(C(=O)NC1C(=O)N2C(C(=O)OC(COC(C)C)COC(C)C)=CCS[C@H]12)c1csc(N)n1. The van der Waals surface area contributed by atoms with Crippen molar-refractivity contribution in [1.29, 1.82) is 0 Å². The molecule has 36 heavy (non-hydrogen) atoms. The molecule has 1 fully saturated rings. The van der Waals surface area contributed by atoms with Gasteiger partial charge < -0.3 is 30.1 Å². The highest BCUT2D eigenvalue weighted by Crippen LogP contribution is 2.38. The van der Waals surface area contributed by atoms with Crippen molar-refractivity contribution in [3.8, 4) is 0 Å². The third-order valence-electron chi connectivity index (χ3n) is 5.01. The number of oxime groups is 1. The third kappa shape index (κ3) is 6.75. The number of thiazole rings is 1. The van der Waals surface area contributed by atoms with Crippen molar-refractivity contribution in [3.63, 3.8) is 0 Å². The van der Waals surface area contributed by atoms with Crippen LogP contribution in [0.15, 0.2) is 22.3 Å². The molecule has 1 aromatic rings. The van der Waals surface area contributed by atoms with E-state index in [1.165, 1.54) is 23.8 Å². The molecular formula is C22H31N5O7S2. The van der Waals surface area contributed by atoms with Crippen LogP contribution in [-0.4, -0.2) is 89.2 Å². The Balaban J connectivity index is 1.66. The fourth-order valence-corrected chi connectivity index (χ4v) is 5.10. The second-order valence-corrected chi connectivity index (χ2v) is 10.5. The molecule has 14 heteroatoms. The Morgan fingerprint density at radius 3 is 2.47 bits per heavy atom. The number of esters is 1. The number of anilines is 1. The average molecular weight is 542 g/mol. The predicted molar refractivity (Wildman–Crippen MR) is 135 cm³/mol. The number of hydrogen-bond acceptors (Lipinski definition) is 12. The van der Waals surface area contributed by atoms with Crippen molar-refractivity contribution in [2.75, 3.05) is 31.8 Å². The van der Waals surface area contributed by atoms with Crippen LogP contribution >= 0.6 is 23.1 Å². The molecule has 2 atom stereocenters. The summed E-state index contributed by atoms with van der Waals surface area (Å²) in [5, 5.41) is 7.76. The quantitative estimate of drug-likeness (QED) is 0.170. The predicted octanol–water partition coefficient (Wildman–Crippen LogP) is 1.12. The minimum Gasteiger partial charge on any atom is -0.453 e. The zero-order valence-electron chi connectivity index (χ0n) is 20.8. The second-order valence-electron chi connectivity index (χ2n) is 8.46. The normalized spacial score (nSPS) is 19.8. The van der Waals surface area contributed by atoms with E-state index in [-0.39, 0.29) is 47.7 Å². The monoisotopic (exact) mass is 541 g/mol. The smallest absolute Gasteiger partial charge is 0.355 e. The molecular weight excluding hydrogens is 510 g/mol. The summed E-state index contributed by atoms with van der Waals surface area (Å²) < 4.78 is 16.8. The molecule has 1 saturated heterocycles. The van der Waals surface area contributed by atoms with Gasteiger partial charge in [-0.05, 0) is 33.8 Å². The highest BCUT2D eigenvalue weighted by Gasteiger charge is 2.53. The van der Waals surface area contributed by atoms with Crippen LogP contribution in [0.4, 0.5) is 5.13 Å². The van der Waals surface area contributed by atoms with Gasteiger partial charge in [-0.25, -0.2) is 9.78 Å². The number of carbonyl (C=O) groups is 3. The summed E-state index contributed by atoms with van der Waals surface area (Å²) in [6.45, 7) is 7.85. The highest BCUT2D eigenvalue weighted by molar-refractivity contribution is 8.00. The molecule has 12 nitrogen and oxygen atoms in total. The average Bonchev–Trinajstić information content (AvgIpc) is 3.27. The van der Waals surface area contributed by atoms with E-state index < -0.39 is 35.3 Å². The summed E-state index contributed by atoms with van der Waals surface area (Å²) in [6, 6.07) is -0.860. The van der Waals surface area contributed by atoms with E-state index in [0.717, 1.165) is 11.3 Å². The number of ether oxygens (including phenoxy) is 3. The van der Waals surface area contributed by atoms with Crippen LogP contribution in [0.2, 0.25) is 0 Å². The molecule has 2 aliphatic heterocycles. The van der Waals surface area contributed by atoms with E-state index in [1.807, 2.05) is 27.7 Å². The lowest BCUT2D eigenvalue weighted by atomic mass is 10.0. The lowest BCUT2D eigenvalue weighted by Gasteiger charge is -2.48. The first kappa shape index (κ1) is 27.9. The Labute approximate surface area is 217 Å². The number of thioether (sulfide) groups is 1. The molecule has 0 bridgehead atoms. The number of nitrogens with zero attached hydrogens (tertiary/aromatic N) is 3. The Hall–Kier alpha value is -2.68. The van der Waals surface area contributed by atoms with Crippen LogP contribution in [0.1, 0.15) is 33.4 Å². The summed E-state index contributed by atoms with van der Waals surface area (Å²) in [5.41, 5.74) is 5.92. The standard InChI is InChI=1S/C22H31N5O7S2/c1-11(2)32-8-13(9-33-12(3)4)34-21(30)15-6-7-35-20-17(19(29)27(15)20)25-18(28)16(26-31-5)14-10-36-22(23)24-14/h6,10-13,17,20H,7-9H2,1-5H3,(H2,23,24)(H,25,28)/t17?,20-/m1/s1. The van der Waals surface area contributed by atoms with E-state index >= 15 is 0 Å². The zero-order chi connectivity index (χ0) is 26.4. The van der Waals surface area contributed by atoms with Gasteiger partial charge in [0.1, 0.15) is 36.0 Å². The number of amides is 2. The van der Waals surface area contributed by atoms with Crippen molar-refractivity contribution in [2.45, 2.75) is 57.4 Å². The highest BCUT2D eigenvalue weighted by atomic mass is 32.2. The van der Waals surface area contributed by atoms with Crippen LogP contribution in [0.25, 0.3) is 0 Å². The van der Waals surface area contributed by atoms with Crippen molar-refractivity contribution < 1.29 is 33.4 Å². The van der Waals surface area contributed by atoms with E-state index in [0.29, 0.717) is 5.75 Å². The topological polar surface area (TPSA) is 155 Å². The van der Waals surface area contributed by atoms with E-state index in [1.54, 1.807) is 11.5 Å². The van der Waals surface area contributed by atoms with Gasteiger partial charge >= 0.3 is 5.97 Å². The van der Waals surface area contributed by atoms with Crippen LogP contribution in [0.5, 0.6) is 0 Å². The van der Waals surface area contributed by atoms with Gasteiger partial charge in [-0.1, -0.05) is 5.16 Å². The first-order valence-electron chi connectivity index (χ1n) is 11.3. The van der Waals surface area contributed by atoms with E-state index in [4.69, 9.17) is 24.8 Å². The summed E-state index contributed by atoms with van der Waals surface area (Å²) in [6.07, 6.45) is 0.905. The number of carbonyl (C=O) groups excluding carboxylic acids is 3. The van der Waals surface area contributed by atoms with Crippen molar-refractivity contribution in [3.05, 3.63) is 22.8 Å². The van der Waals surface area contributed by atoms with Crippen molar-refractivity contribution in [2.24, 2.45) is 5.16 Å². The van der Waals surface area contributed by atoms with Crippen LogP contribution < -0.4 is 11.1 Å². The Morgan fingerprint density at radius 2 is 1.92 bits per heavy atom. The summed E-state index contributed by atoms with van der Waals surface area (Å²) in [7, 11) is 1.30. The van der Waals surface area contributed by atoms with Crippen LogP contribution in [-0.2, 0) is 33.4 Å².